The summed E-state index contributed by atoms with van der Waals surface area (Å²) in [5, 5.41) is 9.69. The van der Waals surface area contributed by atoms with Crippen molar-refractivity contribution in [2.45, 2.75) is 40.2 Å². The fourth-order valence-electron chi connectivity index (χ4n) is 1.42. The molecule has 0 amide bonds. The number of hydrogen-bond donors (Lipinski definition) is 1. The molecule has 1 unspecified atom stereocenters. The van der Waals surface area contributed by atoms with Crippen molar-refractivity contribution in [2.24, 2.45) is 4.99 Å². The van der Waals surface area contributed by atoms with Gasteiger partial charge in [-0.15, -0.1) is 0 Å². The molecule has 1 aromatic rings. The van der Waals surface area contributed by atoms with E-state index in [4.69, 9.17) is 4.42 Å². The van der Waals surface area contributed by atoms with E-state index in [0.717, 1.165) is 6.42 Å². The molecule has 1 N–H and O–H groups in total. The Morgan fingerprint density at radius 2 is 2.25 bits per heavy atom. The third-order valence-corrected chi connectivity index (χ3v) is 2.42. The van der Waals surface area contributed by atoms with Crippen LogP contribution < -0.4 is 5.63 Å². The monoisotopic (exact) mass is 223 g/mol. The van der Waals surface area contributed by atoms with Crippen molar-refractivity contribution in [1.29, 1.82) is 0 Å². The Balaban J connectivity index is 3.24. The van der Waals surface area contributed by atoms with E-state index >= 15 is 0 Å². The molecule has 1 atom stereocenters. The van der Waals surface area contributed by atoms with E-state index in [0.29, 0.717) is 11.5 Å². The molecule has 1 rings (SSSR count). The Kier molecular flexibility index (Phi) is 3.88. The second kappa shape index (κ2) is 4.96. The summed E-state index contributed by atoms with van der Waals surface area (Å²) in [4.78, 5) is 15.9. The van der Waals surface area contributed by atoms with Crippen LogP contribution in [0.5, 0.6) is 5.75 Å². The molecular formula is C12H17NO3. The lowest BCUT2D eigenvalue weighted by molar-refractivity contribution is 0.432. The molecule has 88 valence electrons. The zero-order chi connectivity index (χ0) is 12.3. The van der Waals surface area contributed by atoms with Crippen molar-refractivity contribution in [2.75, 3.05) is 0 Å². The van der Waals surface area contributed by atoms with Gasteiger partial charge in [0.15, 0.2) is 0 Å². The standard InChI is InChI=1S/C12H17NO3/c1-5-7(2)13-9(4)11-10(14)6-8(3)16-12(11)15/h6-7,14H,5H2,1-4H3. The van der Waals surface area contributed by atoms with Crippen LogP contribution in [0.25, 0.3) is 0 Å². The van der Waals surface area contributed by atoms with Crippen LogP contribution in [0.15, 0.2) is 20.3 Å². The number of aliphatic imine (C=N–C) groups is 1. The lowest BCUT2D eigenvalue weighted by Gasteiger charge is -2.06. The predicted molar refractivity (Wildman–Crippen MR) is 63.3 cm³/mol. The van der Waals surface area contributed by atoms with Gasteiger partial charge in [0.05, 0.1) is 5.71 Å². The summed E-state index contributed by atoms with van der Waals surface area (Å²) in [6.07, 6.45) is 0.884. The summed E-state index contributed by atoms with van der Waals surface area (Å²) < 4.78 is 4.93. The molecular weight excluding hydrogens is 206 g/mol. The molecule has 16 heavy (non-hydrogen) atoms. The fraction of sp³-hybridized carbons (Fsp3) is 0.500. The van der Waals surface area contributed by atoms with Crippen molar-refractivity contribution in [3.63, 3.8) is 0 Å². The molecule has 0 bridgehead atoms. The maximum atomic E-state index is 11.6. The van der Waals surface area contributed by atoms with E-state index in [-0.39, 0.29) is 17.4 Å². The lowest BCUT2D eigenvalue weighted by Crippen LogP contribution is -2.14. The third-order valence-electron chi connectivity index (χ3n) is 2.42. The Morgan fingerprint density at radius 1 is 1.62 bits per heavy atom. The Labute approximate surface area is 94.6 Å². The molecule has 0 aromatic carbocycles. The highest BCUT2D eigenvalue weighted by molar-refractivity contribution is 6.00. The van der Waals surface area contributed by atoms with Gasteiger partial charge in [0.1, 0.15) is 17.1 Å². The van der Waals surface area contributed by atoms with Gasteiger partial charge in [-0.1, -0.05) is 6.92 Å². The number of rotatable bonds is 3. The van der Waals surface area contributed by atoms with Gasteiger partial charge in [-0.25, -0.2) is 4.79 Å². The van der Waals surface area contributed by atoms with Crippen LogP contribution in [-0.4, -0.2) is 16.9 Å². The van der Waals surface area contributed by atoms with Crippen LogP contribution in [0, 0.1) is 6.92 Å². The van der Waals surface area contributed by atoms with Gasteiger partial charge >= 0.3 is 5.63 Å². The first-order valence-electron chi connectivity index (χ1n) is 5.34. The molecule has 0 aliphatic carbocycles. The van der Waals surface area contributed by atoms with E-state index in [1.165, 1.54) is 6.07 Å². The van der Waals surface area contributed by atoms with E-state index in [1.54, 1.807) is 13.8 Å². The first-order chi connectivity index (χ1) is 7.45. The maximum absolute atomic E-state index is 11.6. The average molecular weight is 223 g/mol. The molecule has 0 radical (unpaired) electrons. The predicted octanol–water partition coefficient (Wildman–Crippen LogP) is 2.26. The van der Waals surface area contributed by atoms with Crippen LogP contribution in [0.1, 0.15) is 38.5 Å². The molecule has 0 aliphatic heterocycles. The molecule has 1 aromatic heterocycles. The van der Waals surface area contributed by atoms with Gasteiger partial charge in [-0.3, -0.25) is 4.99 Å². The zero-order valence-electron chi connectivity index (χ0n) is 10.1. The van der Waals surface area contributed by atoms with Gasteiger partial charge in [0.2, 0.25) is 0 Å². The van der Waals surface area contributed by atoms with E-state index < -0.39 is 5.63 Å². The second-order valence-electron chi connectivity index (χ2n) is 3.88. The summed E-state index contributed by atoms with van der Waals surface area (Å²) in [5.74, 6) is 0.320. The minimum atomic E-state index is -0.540. The highest BCUT2D eigenvalue weighted by Gasteiger charge is 2.13. The van der Waals surface area contributed by atoms with Crippen molar-refractivity contribution < 1.29 is 9.52 Å². The van der Waals surface area contributed by atoms with Crippen LogP contribution in [0.4, 0.5) is 0 Å². The molecule has 0 saturated heterocycles. The zero-order valence-corrected chi connectivity index (χ0v) is 10.1. The highest BCUT2D eigenvalue weighted by Crippen LogP contribution is 2.16. The van der Waals surface area contributed by atoms with Gasteiger partial charge in [-0.05, 0) is 27.2 Å². The molecule has 4 nitrogen and oxygen atoms in total. The fourth-order valence-corrected chi connectivity index (χ4v) is 1.42. The van der Waals surface area contributed by atoms with Gasteiger partial charge < -0.3 is 9.52 Å². The van der Waals surface area contributed by atoms with Crippen LogP contribution >= 0.6 is 0 Å². The SMILES string of the molecule is CCC(C)N=C(C)c1c(O)cc(C)oc1=O. The van der Waals surface area contributed by atoms with E-state index in [2.05, 4.69) is 4.99 Å². The summed E-state index contributed by atoms with van der Waals surface area (Å²) >= 11 is 0. The summed E-state index contributed by atoms with van der Waals surface area (Å²) in [7, 11) is 0. The van der Waals surface area contributed by atoms with Crippen LogP contribution in [-0.2, 0) is 0 Å². The number of nitrogens with zero attached hydrogens (tertiary/aromatic N) is 1. The first kappa shape index (κ1) is 12.5. The molecule has 0 saturated carbocycles. The van der Waals surface area contributed by atoms with Crippen molar-refractivity contribution in [3.05, 3.63) is 27.8 Å². The first-order valence-corrected chi connectivity index (χ1v) is 5.34. The molecule has 0 fully saturated rings. The number of aryl methyl sites for hydroxylation is 1. The minimum Gasteiger partial charge on any atom is -0.507 e. The maximum Gasteiger partial charge on any atom is 0.348 e. The molecule has 0 spiro atoms. The normalized spacial score (nSPS) is 13.9. The van der Waals surface area contributed by atoms with Crippen LogP contribution in [0.3, 0.4) is 0 Å². The van der Waals surface area contributed by atoms with Crippen molar-refractivity contribution in [1.82, 2.24) is 0 Å². The Hall–Kier alpha value is -1.58. The summed E-state index contributed by atoms with van der Waals surface area (Å²) in [5.41, 5.74) is 0.133. The average Bonchev–Trinajstić information content (AvgIpc) is 2.15. The molecule has 0 aliphatic rings. The minimum absolute atomic E-state index is 0.0710. The van der Waals surface area contributed by atoms with Crippen LogP contribution in [0.2, 0.25) is 0 Å². The molecule has 1 heterocycles. The Morgan fingerprint density at radius 3 is 2.75 bits per heavy atom. The molecule has 4 heteroatoms. The van der Waals surface area contributed by atoms with Crippen molar-refractivity contribution >= 4 is 5.71 Å². The smallest absolute Gasteiger partial charge is 0.348 e. The van der Waals surface area contributed by atoms with Gasteiger partial charge in [-0.2, -0.15) is 0 Å². The van der Waals surface area contributed by atoms with E-state index in [9.17, 15) is 9.90 Å². The quantitative estimate of drug-likeness (QED) is 0.799. The third kappa shape index (κ3) is 2.72. The highest BCUT2D eigenvalue weighted by atomic mass is 16.4. The second-order valence-corrected chi connectivity index (χ2v) is 3.88. The van der Waals surface area contributed by atoms with Gasteiger partial charge in [0, 0.05) is 12.1 Å². The summed E-state index contributed by atoms with van der Waals surface area (Å²) in [6.45, 7) is 7.29. The Bertz CT molecular complexity index is 460. The topological polar surface area (TPSA) is 62.8 Å². The largest absolute Gasteiger partial charge is 0.507 e. The van der Waals surface area contributed by atoms with Crippen molar-refractivity contribution in [3.8, 4) is 5.75 Å². The lowest BCUT2D eigenvalue weighted by atomic mass is 10.1. The number of aromatic hydroxyl groups is 1. The van der Waals surface area contributed by atoms with Gasteiger partial charge in [0.25, 0.3) is 0 Å². The summed E-state index contributed by atoms with van der Waals surface area (Å²) in [6, 6.07) is 1.55. The number of hydrogen-bond acceptors (Lipinski definition) is 4. The van der Waals surface area contributed by atoms with E-state index in [1.807, 2.05) is 13.8 Å².